The molecule has 0 aliphatic carbocycles. The summed E-state index contributed by atoms with van der Waals surface area (Å²) in [6.07, 6.45) is 0. The second-order valence-corrected chi connectivity index (χ2v) is 7.53. The Morgan fingerprint density at radius 3 is 2.45 bits per heavy atom. The molecule has 1 N–H and O–H groups in total. The Morgan fingerprint density at radius 1 is 1.13 bits per heavy atom. The maximum Gasteiger partial charge on any atom is 0.234 e. The summed E-state index contributed by atoms with van der Waals surface area (Å²) in [5.74, 6) is -0.0586. The van der Waals surface area contributed by atoms with Gasteiger partial charge >= 0.3 is 0 Å². The molecule has 31 heavy (non-hydrogen) atoms. The van der Waals surface area contributed by atoms with Gasteiger partial charge in [0.2, 0.25) is 5.91 Å². The van der Waals surface area contributed by atoms with Gasteiger partial charge in [-0.05, 0) is 55.0 Å². The number of rotatable bonds is 8. The normalized spacial score (nSPS) is 10.7. The summed E-state index contributed by atoms with van der Waals surface area (Å²) in [5.41, 5.74) is 4.09. The van der Waals surface area contributed by atoms with Gasteiger partial charge in [0.05, 0.1) is 29.3 Å². The highest BCUT2D eigenvalue weighted by atomic mass is 32.2. The molecular formula is C23H21N5O2S. The van der Waals surface area contributed by atoms with Gasteiger partial charge in [-0.25, -0.2) is 4.98 Å². The summed E-state index contributed by atoms with van der Waals surface area (Å²) < 4.78 is 5.16. The molecule has 1 aromatic heterocycles. The second kappa shape index (κ2) is 11.0. The molecule has 1 heterocycles. The lowest BCUT2D eigenvalue weighted by Gasteiger charge is -2.10. The highest BCUT2D eigenvalue weighted by Gasteiger charge is 2.14. The molecule has 0 aliphatic heterocycles. The molecule has 7 nitrogen and oxygen atoms in total. The average molecular weight is 432 g/mol. The summed E-state index contributed by atoms with van der Waals surface area (Å²) in [5, 5.41) is 21.2. The summed E-state index contributed by atoms with van der Waals surface area (Å²) in [6.45, 7) is 2.17. The van der Waals surface area contributed by atoms with E-state index in [1.165, 1.54) is 11.8 Å². The van der Waals surface area contributed by atoms with Crippen LogP contribution in [0.3, 0.4) is 0 Å². The summed E-state index contributed by atoms with van der Waals surface area (Å²) >= 11 is 1.23. The fraction of sp³-hybridized carbons (Fsp3) is 0.174. The molecule has 8 heteroatoms. The van der Waals surface area contributed by atoms with Gasteiger partial charge in [-0.15, -0.1) is 0 Å². The van der Waals surface area contributed by atoms with E-state index in [1.54, 1.807) is 31.4 Å². The van der Waals surface area contributed by atoms with E-state index in [2.05, 4.69) is 26.6 Å². The van der Waals surface area contributed by atoms with Crippen LogP contribution in [-0.4, -0.2) is 23.8 Å². The third-order valence-corrected chi connectivity index (χ3v) is 5.11. The zero-order valence-electron chi connectivity index (χ0n) is 17.2. The molecule has 0 atom stereocenters. The topological polar surface area (TPSA) is 99.7 Å². The Morgan fingerprint density at radius 2 is 1.81 bits per heavy atom. The number of hydrogen-bond donors (Lipinski definition) is 1. The smallest absolute Gasteiger partial charge is 0.234 e. The summed E-state index contributed by atoms with van der Waals surface area (Å²) in [7, 11) is 1.57. The van der Waals surface area contributed by atoms with Crippen molar-refractivity contribution in [2.45, 2.75) is 18.6 Å². The van der Waals surface area contributed by atoms with Gasteiger partial charge in [-0.3, -0.25) is 4.79 Å². The van der Waals surface area contributed by atoms with Crippen LogP contribution in [0, 0.1) is 18.3 Å². The first-order valence-corrected chi connectivity index (χ1v) is 10.5. The number of nitrogens with zero attached hydrogens (tertiary/aromatic N) is 4. The number of carbonyl (C=O) groups is 1. The van der Waals surface area contributed by atoms with Crippen molar-refractivity contribution in [1.82, 2.24) is 4.98 Å². The number of amides is 1. The predicted molar refractivity (Wildman–Crippen MR) is 121 cm³/mol. The van der Waals surface area contributed by atoms with Crippen LogP contribution in [0.15, 0.2) is 75.9 Å². The number of nitrogens with one attached hydrogen (secondary N) is 1. The number of aromatic nitrogens is 1. The number of azo groups is 1. The second-order valence-electron chi connectivity index (χ2n) is 6.57. The van der Waals surface area contributed by atoms with Crippen molar-refractivity contribution in [2.75, 3.05) is 18.2 Å². The highest BCUT2D eigenvalue weighted by molar-refractivity contribution is 8.00. The van der Waals surface area contributed by atoms with Crippen LogP contribution in [0.2, 0.25) is 0 Å². The SMILES string of the molecule is COCc1cc(C)nc(SCC(=O)Nc2ccc(N=Nc3ccccc3)cc2)c1C#N. The molecule has 0 saturated carbocycles. The quantitative estimate of drug-likeness (QED) is 0.372. The van der Waals surface area contributed by atoms with E-state index in [0.717, 1.165) is 16.9 Å². The molecule has 0 saturated heterocycles. The Bertz CT molecular complexity index is 1110. The van der Waals surface area contributed by atoms with E-state index >= 15 is 0 Å². The molecule has 0 fully saturated rings. The zero-order chi connectivity index (χ0) is 22.1. The number of ether oxygens (including phenoxy) is 1. The molecule has 1 amide bonds. The Hall–Kier alpha value is -3.54. The number of thioether (sulfide) groups is 1. The standard InChI is InChI=1S/C23H21N5O2S/c1-16-12-17(14-30-2)21(13-24)23(25-16)31-15-22(29)26-18-8-10-20(11-9-18)28-27-19-6-4-3-5-7-19/h3-12H,14-15H2,1-2H3,(H,26,29). The zero-order valence-corrected chi connectivity index (χ0v) is 18.0. The lowest BCUT2D eigenvalue weighted by Crippen LogP contribution is -2.14. The molecule has 0 unspecified atom stereocenters. The van der Waals surface area contributed by atoms with E-state index in [-0.39, 0.29) is 11.7 Å². The lowest BCUT2D eigenvalue weighted by atomic mass is 10.1. The highest BCUT2D eigenvalue weighted by Crippen LogP contribution is 2.25. The fourth-order valence-electron chi connectivity index (χ4n) is 2.76. The van der Waals surface area contributed by atoms with Crippen molar-refractivity contribution < 1.29 is 9.53 Å². The third kappa shape index (κ3) is 6.47. The van der Waals surface area contributed by atoms with Crippen LogP contribution in [-0.2, 0) is 16.1 Å². The van der Waals surface area contributed by atoms with Crippen LogP contribution in [0.25, 0.3) is 0 Å². The third-order valence-electron chi connectivity index (χ3n) is 4.14. The van der Waals surface area contributed by atoms with Crippen molar-refractivity contribution >= 4 is 34.7 Å². The number of aryl methyl sites for hydroxylation is 1. The van der Waals surface area contributed by atoms with Crippen molar-refractivity contribution in [1.29, 1.82) is 5.26 Å². The van der Waals surface area contributed by atoms with Gasteiger partial charge in [-0.1, -0.05) is 30.0 Å². The van der Waals surface area contributed by atoms with E-state index < -0.39 is 0 Å². The first-order valence-electron chi connectivity index (χ1n) is 9.48. The van der Waals surface area contributed by atoms with Crippen LogP contribution in [0.1, 0.15) is 16.8 Å². The van der Waals surface area contributed by atoms with Crippen LogP contribution < -0.4 is 5.32 Å². The summed E-state index contributed by atoms with van der Waals surface area (Å²) in [4.78, 5) is 16.8. The van der Waals surface area contributed by atoms with E-state index in [0.29, 0.717) is 28.6 Å². The van der Waals surface area contributed by atoms with E-state index in [4.69, 9.17) is 4.74 Å². The maximum atomic E-state index is 12.4. The minimum Gasteiger partial charge on any atom is -0.380 e. The van der Waals surface area contributed by atoms with Crippen LogP contribution in [0.5, 0.6) is 0 Å². The number of carbonyl (C=O) groups excluding carboxylic acids is 1. The first kappa shape index (κ1) is 22.2. The van der Waals surface area contributed by atoms with Crippen molar-refractivity contribution in [3.8, 4) is 6.07 Å². The average Bonchev–Trinajstić information content (AvgIpc) is 2.78. The minimum atomic E-state index is -0.191. The Kier molecular flexibility index (Phi) is 7.87. The van der Waals surface area contributed by atoms with Gasteiger partial charge in [0.15, 0.2) is 0 Å². The molecule has 2 aromatic carbocycles. The number of nitriles is 1. The van der Waals surface area contributed by atoms with E-state index in [1.807, 2.05) is 43.3 Å². The fourth-order valence-corrected chi connectivity index (χ4v) is 3.63. The van der Waals surface area contributed by atoms with Gasteiger partial charge in [0.25, 0.3) is 0 Å². The number of benzene rings is 2. The largest absolute Gasteiger partial charge is 0.380 e. The van der Waals surface area contributed by atoms with Crippen molar-refractivity contribution in [3.63, 3.8) is 0 Å². The molecule has 3 aromatic rings. The van der Waals surface area contributed by atoms with Crippen LogP contribution in [0.4, 0.5) is 17.1 Å². The first-order chi connectivity index (χ1) is 15.1. The molecule has 0 spiro atoms. The number of methoxy groups -OCH3 is 1. The van der Waals surface area contributed by atoms with Crippen LogP contribution >= 0.6 is 11.8 Å². The monoisotopic (exact) mass is 431 g/mol. The Balaban J connectivity index is 1.59. The summed E-state index contributed by atoms with van der Waals surface area (Å²) in [6, 6.07) is 20.5. The lowest BCUT2D eigenvalue weighted by molar-refractivity contribution is -0.113. The van der Waals surface area contributed by atoms with Gasteiger partial charge in [-0.2, -0.15) is 15.5 Å². The Labute approximate surface area is 185 Å². The number of hydrogen-bond acceptors (Lipinski definition) is 7. The number of anilines is 1. The molecule has 0 radical (unpaired) electrons. The van der Waals surface area contributed by atoms with E-state index in [9.17, 15) is 10.1 Å². The van der Waals surface area contributed by atoms with Gasteiger partial charge < -0.3 is 10.1 Å². The number of pyridine rings is 1. The van der Waals surface area contributed by atoms with Crippen molar-refractivity contribution in [2.24, 2.45) is 10.2 Å². The molecule has 0 bridgehead atoms. The molecular weight excluding hydrogens is 410 g/mol. The minimum absolute atomic E-state index is 0.132. The van der Waals surface area contributed by atoms with Gasteiger partial charge in [0.1, 0.15) is 11.1 Å². The molecule has 156 valence electrons. The maximum absolute atomic E-state index is 12.4. The predicted octanol–water partition coefficient (Wildman–Crippen LogP) is 5.55. The van der Waals surface area contributed by atoms with Crippen molar-refractivity contribution in [3.05, 3.63) is 77.5 Å². The molecule has 0 aliphatic rings. The molecule has 3 rings (SSSR count). The van der Waals surface area contributed by atoms with Gasteiger partial charge in [0, 0.05) is 18.5 Å².